The molecule has 2 aromatic rings. The first-order valence-corrected chi connectivity index (χ1v) is 9.97. The highest BCUT2D eigenvalue weighted by molar-refractivity contribution is 6.22. The lowest BCUT2D eigenvalue weighted by Gasteiger charge is -2.38. The second-order valence-corrected chi connectivity index (χ2v) is 7.75. The molecule has 6 nitrogen and oxygen atoms in total. The molecule has 0 radical (unpaired) electrons. The summed E-state index contributed by atoms with van der Waals surface area (Å²) in [5.74, 6) is -0.198. The Balaban J connectivity index is 1.41. The van der Waals surface area contributed by atoms with Crippen LogP contribution in [0.3, 0.4) is 0 Å². The van der Waals surface area contributed by atoms with Crippen molar-refractivity contribution in [3.63, 3.8) is 0 Å². The number of benzene rings is 2. The standard InChI is InChI=1S/C23H25N3O3/c1-16-4-3-5-20(14-16)26-22(28)15-21(23(26)29)25-12-10-24(11-13-25)19-8-6-18(7-9-19)17(2)27/h3-9,14,21H,10-13,15H2,1-2H3. The van der Waals surface area contributed by atoms with Gasteiger partial charge in [-0.1, -0.05) is 12.1 Å². The average Bonchev–Trinajstić information content (AvgIpc) is 3.02. The molecule has 150 valence electrons. The number of anilines is 2. The van der Waals surface area contributed by atoms with Gasteiger partial charge in [0.15, 0.2) is 5.78 Å². The van der Waals surface area contributed by atoms with Gasteiger partial charge >= 0.3 is 0 Å². The molecular weight excluding hydrogens is 366 g/mol. The molecule has 0 aromatic heterocycles. The van der Waals surface area contributed by atoms with Crippen molar-refractivity contribution in [2.24, 2.45) is 0 Å². The van der Waals surface area contributed by atoms with Crippen molar-refractivity contribution in [2.45, 2.75) is 26.3 Å². The van der Waals surface area contributed by atoms with E-state index < -0.39 is 0 Å². The monoisotopic (exact) mass is 391 g/mol. The van der Waals surface area contributed by atoms with E-state index in [1.54, 1.807) is 6.92 Å². The van der Waals surface area contributed by atoms with E-state index in [2.05, 4.69) is 9.80 Å². The number of imide groups is 1. The smallest absolute Gasteiger partial charge is 0.251 e. The third kappa shape index (κ3) is 3.80. The number of rotatable bonds is 4. The number of carbonyl (C=O) groups is 3. The Labute approximate surface area is 170 Å². The quantitative estimate of drug-likeness (QED) is 0.592. The zero-order valence-corrected chi connectivity index (χ0v) is 16.8. The van der Waals surface area contributed by atoms with Gasteiger partial charge in [0.1, 0.15) is 0 Å². The second-order valence-electron chi connectivity index (χ2n) is 7.75. The summed E-state index contributed by atoms with van der Waals surface area (Å²) >= 11 is 0. The fourth-order valence-electron chi connectivity index (χ4n) is 4.14. The van der Waals surface area contributed by atoms with Crippen LogP contribution in [0, 0.1) is 6.92 Å². The molecule has 4 rings (SSSR count). The van der Waals surface area contributed by atoms with Gasteiger partial charge in [-0.25, -0.2) is 4.90 Å². The normalized spacial score (nSPS) is 20.4. The molecule has 0 spiro atoms. The van der Waals surface area contributed by atoms with Crippen LogP contribution in [0.1, 0.15) is 29.3 Å². The number of nitrogens with zero attached hydrogens (tertiary/aromatic N) is 3. The molecule has 2 aliphatic rings. The zero-order chi connectivity index (χ0) is 20.5. The largest absolute Gasteiger partial charge is 0.369 e. The van der Waals surface area contributed by atoms with E-state index in [4.69, 9.17) is 0 Å². The fourth-order valence-corrected chi connectivity index (χ4v) is 4.14. The summed E-state index contributed by atoms with van der Waals surface area (Å²) in [7, 11) is 0. The predicted octanol–water partition coefficient (Wildman–Crippen LogP) is 2.65. The Morgan fingerprint density at radius 1 is 0.931 bits per heavy atom. The first-order chi connectivity index (χ1) is 13.9. The van der Waals surface area contributed by atoms with Gasteiger partial charge in [0.2, 0.25) is 5.91 Å². The van der Waals surface area contributed by atoms with Crippen molar-refractivity contribution in [1.82, 2.24) is 4.90 Å². The van der Waals surface area contributed by atoms with E-state index in [-0.39, 0.29) is 30.1 Å². The van der Waals surface area contributed by atoms with E-state index in [0.29, 0.717) is 11.3 Å². The highest BCUT2D eigenvalue weighted by Gasteiger charge is 2.43. The van der Waals surface area contributed by atoms with Crippen LogP contribution in [0.15, 0.2) is 48.5 Å². The number of carbonyl (C=O) groups excluding carboxylic acids is 3. The fraction of sp³-hybridized carbons (Fsp3) is 0.348. The maximum absolute atomic E-state index is 13.0. The van der Waals surface area contributed by atoms with Crippen LogP contribution < -0.4 is 9.80 Å². The van der Waals surface area contributed by atoms with Crippen molar-refractivity contribution in [1.29, 1.82) is 0 Å². The number of amides is 2. The Hall–Kier alpha value is -2.99. The van der Waals surface area contributed by atoms with E-state index in [1.807, 2.05) is 55.5 Å². The summed E-state index contributed by atoms with van der Waals surface area (Å²) in [4.78, 5) is 42.7. The summed E-state index contributed by atoms with van der Waals surface area (Å²) < 4.78 is 0. The molecule has 2 amide bonds. The molecular formula is C23H25N3O3. The molecule has 0 N–H and O–H groups in total. The van der Waals surface area contributed by atoms with Crippen molar-refractivity contribution in [3.05, 3.63) is 59.7 Å². The molecule has 1 atom stereocenters. The lowest BCUT2D eigenvalue weighted by atomic mass is 10.1. The number of hydrogen-bond acceptors (Lipinski definition) is 5. The minimum absolute atomic E-state index is 0.0592. The van der Waals surface area contributed by atoms with Crippen LogP contribution in [-0.4, -0.2) is 54.7 Å². The molecule has 2 heterocycles. The molecule has 6 heteroatoms. The highest BCUT2D eigenvalue weighted by Crippen LogP contribution is 2.27. The maximum atomic E-state index is 13.0. The Bertz CT molecular complexity index is 946. The molecule has 2 aromatic carbocycles. The number of hydrogen-bond donors (Lipinski definition) is 0. The molecule has 0 aliphatic carbocycles. The first-order valence-electron chi connectivity index (χ1n) is 9.97. The number of ketones is 1. The lowest BCUT2D eigenvalue weighted by molar-refractivity contribution is -0.123. The van der Waals surface area contributed by atoms with Crippen molar-refractivity contribution in [3.8, 4) is 0 Å². The van der Waals surface area contributed by atoms with Gasteiger partial charge in [-0.2, -0.15) is 0 Å². The summed E-state index contributed by atoms with van der Waals surface area (Å²) in [6.45, 7) is 6.52. The molecule has 2 saturated heterocycles. The van der Waals surface area contributed by atoms with Gasteiger partial charge in [-0.3, -0.25) is 19.3 Å². The summed E-state index contributed by atoms with van der Waals surface area (Å²) in [6.07, 6.45) is 0.236. The minimum atomic E-state index is -0.384. The Morgan fingerprint density at radius 3 is 2.24 bits per heavy atom. The number of aryl methyl sites for hydroxylation is 1. The third-order valence-corrected chi connectivity index (χ3v) is 5.78. The van der Waals surface area contributed by atoms with Gasteiger partial charge < -0.3 is 4.90 Å². The number of Topliss-reactive ketones (excluding diaryl/α,β-unsaturated/α-hetero) is 1. The minimum Gasteiger partial charge on any atom is -0.369 e. The van der Waals surface area contributed by atoms with Crippen molar-refractivity contribution in [2.75, 3.05) is 36.0 Å². The van der Waals surface area contributed by atoms with Crippen LogP contribution >= 0.6 is 0 Å². The maximum Gasteiger partial charge on any atom is 0.251 e. The SMILES string of the molecule is CC(=O)c1ccc(N2CCN(C3CC(=O)N(c4cccc(C)c4)C3=O)CC2)cc1. The summed E-state index contributed by atoms with van der Waals surface area (Å²) in [5, 5.41) is 0. The van der Waals surface area contributed by atoms with Gasteiger partial charge in [0.05, 0.1) is 18.2 Å². The first kappa shape index (κ1) is 19.3. The third-order valence-electron chi connectivity index (χ3n) is 5.78. The van der Waals surface area contributed by atoms with Gasteiger partial charge in [0, 0.05) is 37.4 Å². The predicted molar refractivity (Wildman–Crippen MR) is 112 cm³/mol. The molecule has 0 saturated carbocycles. The molecule has 1 unspecified atom stereocenters. The van der Waals surface area contributed by atoms with Crippen LogP contribution in [0.2, 0.25) is 0 Å². The zero-order valence-electron chi connectivity index (χ0n) is 16.8. The van der Waals surface area contributed by atoms with Gasteiger partial charge in [0.25, 0.3) is 5.91 Å². The average molecular weight is 391 g/mol. The Morgan fingerprint density at radius 2 is 1.62 bits per heavy atom. The highest BCUT2D eigenvalue weighted by atomic mass is 16.2. The summed E-state index contributed by atoms with van der Waals surface area (Å²) in [6, 6.07) is 14.8. The molecule has 2 aliphatic heterocycles. The molecule has 2 fully saturated rings. The summed E-state index contributed by atoms with van der Waals surface area (Å²) in [5.41, 5.74) is 3.46. The van der Waals surface area contributed by atoms with Crippen LogP contribution in [0.25, 0.3) is 0 Å². The van der Waals surface area contributed by atoms with Gasteiger partial charge in [-0.15, -0.1) is 0 Å². The topological polar surface area (TPSA) is 60.9 Å². The molecule has 0 bridgehead atoms. The van der Waals surface area contributed by atoms with Crippen molar-refractivity contribution >= 4 is 29.0 Å². The van der Waals surface area contributed by atoms with E-state index >= 15 is 0 Å². The second kappa shape index (κ2) is 7.79. The van der Waals surface area contributed by atoms with Crippen LogP contribution in [-0.2, 0) is 9.59 Å². The van der Waals surface area contributed by atoms with E-state index in [1.165, 1.54) is 4.90 Å². The number of piperazine rings is 1. The van der Waals surface area contributed by atoms with Crippen LogP contribution in [0.4, 0.5) is 11.4 Å². The van der Waals surface area contributed by atoms with Crippen LogP contribution in [0.5, 0.6) is 0 Å². The molecule has 29 heavy (non-hydrogen) atoms. The van der Waals surface area contributed by atoms with Crippen molar-refractivity contribution < 1.29 is 14.4 Å². The van der Waals surface area contributed by atoms with E-state index in [0.717, 1.165) is 37.4 Å². The van der Waals surface area contributed by atoms with Gasteiger partial charge in [-0.05, 0) is 55.8 Å². The lowest BCUT2D eigenvalue weighted by Crippen LogP contribution is -2.52. The Kier molecular flexibility index (Phi) is 5.20. The van der Waals surface area contributed by atoms with E-state index in [9.17, 15) is 14.4 Å².